The van der Waals surface area contributed by atoms with E-state index in [1.54, 1.807) is 42.7 Å². The van der Waals surface area contributed by atoms with Crippen LogP contribution >= 0.6 is 0 Å². The normalized spacial score (nSPS) is 14.8. The number of hydrogen-bond acceptors (Lipinski definition) is 5. The van der Waals surface area contributed by atoms with E-state index in [2.05, 4.69) is 9.62 Å². The third-order valence-corrected chi connectivity index (χ3v) is 7.97. The van der Waals surface area contributed by atoms with Gasteiger partial charge in [-0.25, -0.2) is 8.42 Å². The van der Waals surface area contributed by atoms with Gasteiger partial charge in [0.25, 0.3) is 10.0 Å². The summed E-state index contributed by atoms with van der Waals surface area (Å²) in [5.74, 6) is 0.117. The zero-order valence-corrected chi connectivity index (χ0v) is 21.0. The lowest BCUT2D eigenvalue weighted by molar-refractivity contribution is -0.132. The number of benzene rings is 3. The maximum atomic E-state index is 12.9. The molecule has 0 atom stereocenters. The number of anilines is 1. The predicted molar refractivity (Wildman–Crippen MR) is 140 cm³/mol. The topological polar surface area (TPSA) is 82.9 Å². The van der Waals surface area contributed by atoms with Gasteiger partial charge in [-0.1, -0.05) is 48.0 Å². The van der Waals surface area contributed by atoms with E-state index in [1.807, 2.05) is 48.2 Å². The zero-order chi connectivity index (χ0) is 25.1. The van der Waals surface area contributed by atoms with E-state index in [9.17, 15) is 13.2 Å². The molecule has 3 aromatic carbocycles. The zero-order valence-electron chi connectivity index (χ0n) is 20.2. The van der Waals surface area contributed by atoms with Gasteiger partial charge in [0, 0.05) is 49.4 Å². The summed E-state index contributed by atoms with van der Waals surface area (Å²) in [7, 11) is -3.62. The number of para-hydroxylation sites is 1. The smallest absolute Gasteiger partial charge is 0.261 e. The number of fused-ring (bicyclic) bond motifs is 1. The van der Waals surface area contributed by atoms with Gasteiger partial charge in [0.2, 0.25) is 5.91 Å². The van der Waals surface area contributed by atoms with Crippen molar-refractivity contribution < 1.29 is 17.6 Å². The van der Waals surface area contributed by atoms with Crippen LogP contribution in [0.2, 0.25) is 0 Å². The molecule has 1 aliphatic rings. The molecule has 1 aromatic heterocycles. The van der Waals surface area contributed by atoms with Crippen LogP contribution in [0.3, 0.4) is 0 Å². The number of nitrogens with zero attached hydrogens (tertiary/aromatic N) is 2. The maximum absolute atomic E-state index is 12.9. The van der Waals surface area contributed by atoms with E-state index in [0.29, 0.717) is 25.2 Å². The molecule has 1 N–H and O–H groups in total. The van der Waals surface area contributed by atoms with Crippen LogP contribution in [-0.2, 0) is 27.8 Å². The number of aryl methyl sites for hydroxylation is 1. The standard InChI is InChI=1S/C28H29N3O4S/c1-21-6-12-25(13-7-21)36(33,34)29-24-10-8-22(9-11-24)19-30-14-16-31(17-15-30)28(32)18-23-20-35-27-5-3-2-4-26(23)27/h2-13,20,29H,14-19H2,1H3. The molecule has 0 spiro atoms. The third kappa shape index (κ3) is 5.45. The van der Waals surface area contributed by atoms with Crippen molar-refractivity contribution in [2.75, 3.05) is 30.9 Å². The van der Waals surface area contributed by atoms with Gasteiger partial charge in [0.15, 0.2) is 0 Å². The number of hydrogen-bond donors (Lipinski definition) is 1. The van der Waals surface area contributed by atoms with Gasteiger partial charge in [0.05, 0.1) is 17.6 Å². The predicted octanol–water partition coefficient (Wildman–Crippen LogP) is 4.43. The molecule has 1 amide bonds. The highest BCUT2D eigenvalue weighted by atomic mass is 32.2. The summed E-state index contributed by atoms with van der Waals surface area (Å²) in [6, 6.07) is 22.0. The molecule has 0 radical (unpaired) electrons. The second-order valence-corrected chi connectivity index (χ2v) is 10.9. The molecule has 8 heteroatoms. The fourth-order valence-corrected chi connectivity index (χ4v) is 5.53. The van der Waals surface area contributed by atoms with Crippen molar-refractivity contribution in [3.63, 3.8) is 0 Å². The molecule has 4 aromatic rings. The molecule has 0 saturated carbocycles. The van der Waals surface area contributed by atoms with Gasteiger partial charge in [-0.2, -0.15) is 0 Å². The van der Waals surface area contributed by atoms with Crippen molar-refractivity contribution in [1.82, 2.24) is 9.80 Å². The Hall–Kier alpha value is -3.62. The van der Waals surface area contributed by atoms with Crippen molar-refractivity contribution in [2.45, 2.75) is 24.8 Å². The first-order chi connectivity index (χ1) is 17.4. The molecule has 186 valence electrons. The molecule has 5 rings (SSSR count). The number of nitrogens with one attached hydrogen (secondary N) is 1. The lowest BCUT2D eigenvalue weighted by Gasteiger charge is -2.34. The van der Waals surface area contributed by atoms with Crippen molar-refractivity contribution in [1.29, 1.82) is 0 Å². The maximum Gasteiger partial charge on any atom is 0.261 e. The number of furan rings is 1. The van der Waals surface area contributed by atoms with Crippen molar-refractivity contribution in [3.8, 4) is 0 Å². The fourth-order valence-electron chi connectivity index (χ4n) is 4.47. The summed E-state index contributed by atoms with van der Waals surface area (Å²) >= 11 is 0. The van der Waals surface area contributed by atoms with Crippen molar-refractivity contribution >= 4 is 32.6 Å². The van der Waals surface area contributed by atoms with Crippen LogP contribution in [0.15, 0.2) is 88.4 Å². The molecule has 0 bridgehead atoms. The first-order valence-corrected chi connectivity index (χ1v) is 13.5. The second-order valence-electron chi connectivity index (χ2n) is 9.21. The van der Waals surface area contributed by atoms with E-state index < -0.39 is 10.0 Å². The van der Waals surface area contributed by atoms with Gasteiger partial charge < -0.3 is 9.32 Å². The van der Waals surface area contributed by atoms with E-state index in [-0.39, 0.29) is 10.8 Å². The molecule has 7 nitrogen and oxygen atoms in total. The van der Waals surface area contributed by atoms with Crippen LogP contribution in [0.4, 0.5) is 5.69 Å². The monoisotopic (exact) mass is 503 g/mol. The van der Waals surface area contributed by atoms with Crippen LogP contribution in [0.25, 0.3) is 11.0 Å². The molecule has 0 unspecified atom stereocenters. The van der Waals surface area contributed by atoms with Gasteiger partial charge in [-0.3, -0.25) is 14.4 Å². The Morgan fingerprint density at radius 1 is 0.917 bits per heavy atom. The SMILES string of the molecule is Cc1ccc(S(=O)(=O)Nc2ccc(CN3CCN(C(=O)Cc4coc5ccccc45)CC3)cc2)cc1. The number of piperazine rings is 1. The van der Waals surface area contributed by atoms with Crippen LogP contribution < -0.4 is 4.72 Å². The van der Waals surface area contributed by atoms with Crippen LogP contribution in [-0.4, -0.2) is 50.3 Å². The minimum Gasteiger partial charge on any atom is -0.464 e. The Balaban J connectivity index is 1.12. The third-order valence-electron chi connectivity index (χ3n) is 6.57. The summed E-state index contributed by atoms with van der Waals surface area (Å²) in [5.41, 5.74) is 4.37. The average molecular weight is 504 g/mol. The number of rotatable bonds is 7. The largest absolute Gasteiger partial charge is 0.464 e. The van der Waals surface area contributed by atoms with Crippen LogP contribution in [0, 0.1) is 6.92 Å². The Morgan fingerprint density at radius 2 is 1.61 bits per heavy atom. The van der Waals surface area contributed by atoms with Crippen molar-refractivity contribution in [3.05, 3.63) is 95.7 Å². The molecular formula is C28H29N3O4S. The van der Waals surface area contributed by atoms with Crippen LogP contribution in [0.5, 0.6) is 0 Å². The van der Waals surface area contributed by atoms with E-state index in [4.69, 9.17) is 4.42 Å². The minimum atomic E-state index is -3.62. The Bertz CT molecular complexity index is 1450. The van der Waals surface area contributed by atoms with E-state index in [1.165, 1.54) is 0 Å². The molecule has 36 heavy (non-hydrogen) atoms. The highest BCUT2D eigenvalue weighted by Crippen LogP contribution is 2.22. The molecule has 1 fully saturated rings. The summed E-state index contributed by atoms with van der Waals surface area (Å²) < 4.78 is 33.4. The highest BCUT2D eigenvalue weighted by molar-refractivity contribution is 7.92. The average Bonchev–Trinajstić information content (AvgIpc) is 3.28. The highest BCUT2D eigenvalue weighted by Gasteiger charge is 2.22. The van der Waals surface area contributed by atoms with E-state index >= 15 is 0 Å². The first kappa shape index (κ1) is 24.1. The quantitative estimate of drug-likeness (QED) is 0.404. The lowest BCUT2D eigenvalue weighted by atomic mass is 10.1. The number of sulfonamides is 1. The first-order valence-electron chi connectivity index (χ1n) is 12.0. The number of carbonyl (C=O) groups is 1. The molecular weight excluding hydrogens is 474 g/mol. The minimum absolute atomic E-state index is 0.117. The lowest BCUT2D eigenvalue weighted by Crippen LogP contribution is -2.48. The summed E-state index contributed by atoms with van der Waals surface area (Å²) in [6.07, 6.45) is 2.03. The number of carbonyl (C=O) groups excluding carboxylic acids is 1. The van der Waals surface area contributed by atoms with Gasteiger partial charge in [0.1, 0.15) is 5.58 Å². The van der Waals surface area contributed by atoms with Gasteiger partial charge in [-0.15, -0.1) is 0 Å². The van der Waals surface area contributed by atoms with E-state index in [0.717, 1.165) is 47.3 Å². The summed E-state index contributed by atoms with van der Waals surface area (Å²) in [5, 5.41) is 0.995. The Morgan fingerprint density at radius 3 is 2.33 bits per heavy atom. The molecule has 1 aliphatic heterocycles. The molecule has 1 saturated heterocycles. The molecule has 2 heterocycles. The Kier molecular flexibility index (Phi) is 6.80. The fraction of sp³-hybridized carbons (Fsp3) is 0.250. The van der Waals surface area contributed by atoms with Gasteiger partial charge in [-0.05, 0) is 42.8 Å². The van der Waals surface area contributed by atoms with Gasteiger partial charge >= 0.3 is 0 Å². The Labute approximate surface area is 211 Å². The summed E-state index contributed by atoms with van der Waals surface area (Å²) in [6.45, 7) is 5.62. The number of amides is 1. The molecule has 0 aliphatic carbocycles. The van der Waals surface area contributed by atoms with Crippen LogP contribution in [0.1, 0.15) is 16.7 Å². The summed E-state index contributed by atoms with van der Waals surface area (Å²) in [4.78, 5) is 17.3. The van der Waals surface area contributed by atoms with Crippen molar-refractivity contribution in [2.24, 2.45) is 0 Å². The second kappa shape index (κ2) is 10.2.